The van der Waals surface area contributed by atoms with E-state index in [0.717, 1.165) is 11.1 Å². The molecule has 1 aliphatic heterocycles. The zero-order valence-electron chi connectivity index (χ0n) is 12.1. The molecule has 21 heavy (non-hydrogen) atoms. The Labute approximate surface area is 123 Å². The third-order valence-corrected chi connectivity index (χ3v) is 4.91. The second-order valence-corrected chi connectivity index (χ2v) is 6.44. The Morgan fingerprint density at radius 2 is 1.86 bits per heavy atom. The highest BCUT2D eigenvalue weighted by molar-refractivity contribution is 6.37. The second-order valence-electron chi connectivity index (χ2n) is 6.44. The van der Waals surface area contributed by atoms with Gasteiger partial charge in [0.25, 0.3) is 0 Å². The number of aliphatic hydroxyl groups excluding tert-OH is 1. The average Bonchev–Trinajstić information content (AvgIpc) is 2.42. The normalized spacial score (nSPS) is 37.7. The van der Waals surface area contributed by atoms with Crippen molar-refractivity contribution in [2.75, 3.05) is 0 Å². The van der Waals surface area contributed by atoms with Crippen LogP contribution in [0.1, 0.15) is 45.4 Å². The molecule has 0 aromatic heterocycles. The van der Waals surface area contributed by atoms with Gasteiger partial charge in [-0.25, -0.2) is 0 Å². The van der Waals surface area contributed by atoms with Gasteiger partial charge < -0.3 is 9.84 Å². The van der Waals surface area contributed by atoms with Crippen LogP contribution >= 0.6 is 0 Å². The van der Waals surface area contributed by atoms with E-state index in [-0.39, 0.29) is 42.2 Å². The fraction of sp³-hybridized carbons (Fsp3) is 0.688. The third kappa shape index (κ3) is 2.72. The van der Waals surface area contributed by atoms with Crippen molar-refractivity contribution in [3.63, 3.8) is 0 Å². The van der Waals surface area contributed by atoms with Crippen molar-refractivity contribution in [2.24, 2.45) is 5.92 Å². The molecule has 5 nitrogen and oxygen atoms in total. The Morgan fingerprint density at radius 3 is 2.57 bits per heavy atom. The number of carbonyl (C=O) groups excluding carboxylic acids is 3. The van der Waals surface area contributed by atoms with E-state index in [1.54, 1.807) is 0 Å². The highest BCUT2D eigenvalue weighted by Crippen LogP contribution is 2.39. The predicted octanol–water partition coefficient (Wildman–Crippen LogP) is 1.12. The molecule has 0 bridgehead atoms. The summed E-state index contributed by atoms with van der Waals surface area (Å²) in [7, 11) is 0. The van der Waals surface area contributed by atoms with Crippen molar-refractivity contribution >= 4 is 17.3 Å². The van der Waals surface area contributed by atoms with E-state index < -0.39 is 12.2 Å². The number of ketones is 3. The first-order valence-electron chi connectivity index (χ1n) is 7.55. The summed E-state index contributed by atoms with van der Waals surface area (Å²) in [4.78, 5) is 34.6. The largest absolute Gasteiger partial charge is 0.390 e. The number of Topliss-reactive ketones (excluding diaryl/α,β-unsaturated/α-hetero) is 3. The molecule has 4 unspecified atom stereocenters. The number of fused-ring (bicyclic) bond motifs is 1. The van der Waals surface area contributed by atoms with Gasteiger partial charge in [-0.3, -0.25) is 14.4 Å². The van der Waals surface area contributed by atoms with Crippen LogP contribution in [0.4, 0.5) is 0 Å². The molecule has 0 amide bonds. The Kier molecular flexibility index (Phi) is 3.80. The number of aliphatic hydroxyl groups is 1. The Bertz CT molecular complexity index is 533. The first-order chi connectivity index (χ1) is 9.95. The molecular weight excluding hydrogens is 272 g/mol. The highest BCUT2D eigenvalue weighted by atomic mass is 16.5. The lowest BCUT2D eigenvalue weighted by atomic mass is 9.76. The lowest BCUT2D eigenvalue weighted by molar-refractivity contribution is -0.150. The minimum atomic E-state index is -0.662. The van der Waals surface area contributed by atoms with E-state index in [9.17, 15) is 19.5 Å². The van der Waals surface area contributed by atoms with Crippen molar-refractivity contribution < 1.29 is 24.2 Å². The molecule has 4 atom stereocenters. The van der Waals surface area contributed by atoms with Gasteiger partial charge in [-0.1, -0.05) is 5.57 Å². The molecule has 1 heterocycles. The van der Waals surface area contributed by atoms with Gasteiger partial charge in [0, 0.05) is 25.7 Å². The number of hydrogen-bond donors (Lipinski definition) is 1. The summed E-state index contributed by atoms with van der Waals surface area (Å²) < 4.78 is 5.97. The maximum atomic E-state index is 11.7. The van der Waals surface area contributed by atoms with Gasteiger partial charge in [-0.15, -0.1) is 0 Å². The topological polar surface area (TPSA) is 80.7 Å². The minimum Gasteiger partial charge on any atom is -0.390 e. The molecule has 0 spiro atoms. The molecule has 0 aromatic rings. The minimum absolute atomic E-state index is 0.121. The number of carbonyl (C=O) groups is 3. The zero-order valence-corrected chi connectivity index (χ0v) is 12.1. The van der Waals surface area contributed by atoms with Gasteiger partial charge in [0.15, 0.2) is 11.6 Å². The van der Waals surface area contributed by atoms with E-state index >= 15 is 0 Å². The quantitative estimate of drug-likeness (QED) is 0.578. The van der Waals surface area contributed by atoms with E-state index in [4.69, 9.17) is 4.74 Å². The van der Waals surface area contributed by atoms with Crippen LogP contribution in [0.5, 0.6) is 0 Å². The number of ether oxygens (including phenoxy) is 1. The SMILES string of the molecule is CC1=C2CC(O)C(C3CCC(=O)C(=O)C3)OC2CC(=O)C1. The monoisotopic (exact) mass is 292 g/mol. The lowest BCUT2D eigenvalue weighted by Gasteiger charge is -2.42. The Hall–Kier alpha value is -1.33. The summed E-state index contributed by atoms with van der Waals surface area (Å²) >= 11 is 0. The van der Waals surface area contributed by atoms with Crippen LogP contribution < -0.4 is 0 Å². The summed E-state index contributed by atoms with van der Waals surface area (Å²) in [6.45, 7) is 1.92. The van der Waals surface area contributed by atoms with Crippen molar-refractivity contribution in [3.8, 4) is 0 Å². The highest BCUT2D eigenvalue weighted by Gasteiger charge is 2.43. The van der Waals surface area contributed by atoms with Gasteiger partial charge in [0.2, 0.25) is 0 Å². The third-order valence-electron chi connectivity index (χ3n) is 4.91. The molecule has 2 fully saturated rings. The molecule has 3 aliphatic rings. The van der Waals surface area contributed by atoms with E-state index in [1.807, 2.05) is 6.92 Å². The summed E-state index contributed by atoms with van der Waals surface area (Å²) in [5, 5.41) is 10.4. The fourth-order valence-corrected chi connectivity index (χ4v) is 3.76. The van der Waals surface area contributed by atoms with Crippen LogP contribution in [0.25, 0.3) is 0 Å². The zero-order chi connectivity index (χ0) is 15.1. The van der Waals surface area contributed by atoms with Crippen molar-refractivity contribution in [1.82, 2.24) is 0 Å². The van der Waals surface area contributed by atoms with Gasteiger partial charge in [0.1, 0.15) is 5.78 Å². The van der Waals surface area contributed by atoms with Gasteiger partial charge in [0.05, 0.1) is 18.3 Å². The first kappa shape index (κ1) is 14.6. The van der Waals surface area contributed by atoms with Crippen LogP contribution in [0, 0.1) is 5.92 Å². The van der Waals surface area contributed by atoms with E-state index in [2.05, 4.69) is 0 Å². The lowest BCUT2D eigenvalue weighted by Crippen LogP contribution is -2.48. The smallest absolute Gasteiger partial charge is 0.198 e. The van der Waals surface area contributed by atoms with E-state index in [0.29, 0.717) is 25.7 Å². The summed E-state index contributed by atoms with van der Waals surface area (Å²) in [5.74, 6) is -0.643. The summed E-state index contributed by atoms with van der Waals surface area (Å²) in [5.41, 5.74) is 2.04. The molecule has 2 aliphatic carbocycles. The number of hydrogen-bond acceptors (Lipinski definition) is 5. The second kappa shape index (κ2) is 5.46. The van der Waals surface area contributed by atoms with Crippen molar-refractivity contribution in [1.29, 1.82) is 0 Å². The van der Waals surface area contributed by atoms with E-state index in [1.165, 1.54) is 0 Å². The van der Waals surface area contributed by atoms with Gasteiger partial charge in [-0.2, -0.15) is 0 Å². The Morgan fingerprint density at radius 1 is 1.10 bits per heavy atom. The first-order valence-corrected chi connectivity index (χ1v) is 7.55. The molecule has 0 aromatic carbocycles. The summed E-state index contributed by atoms with van der Waals surface area (Å²) in [6, 6.07) is 0. The molecule has 1 saturated carbocycles. The maximum absolute atomic E-state index is 11.7. The van der Waals surface area contributed by atoms with Crippen LogP contribution in [-0.2, 0) is 19.1 Å². The molecular formula is C16H20O5. The fourth-order valence-electron chi connectivity index (χ4n) is 3.76. The van der Waals surface area contributed by atoms with Crippen LogP contribution in [0.2, 0.25) is 0 Å². The molecule has 5 heteroatoms. The molecule has 1 N–H and O–H groups in total. The molecule has 1 saturated heterocycles. The van der Waals surface area contributed by atoms with Crippen LogP contribution in [0.3, 0.4) is 0 Å². The van der Waals surface area contributed by atoms with Gasteiger partial charge in [-0.05, 0) is 31.3 Å². The Balaban J connectivity index is 1.77. The molecule has 3 rings (SSSR count). The van der Waals surface area contributed by atoms with Crippen molar-refractivity contribution in [3.05, 3.63) is 11.1 Å². The summed E-state index contributed by atoms with van der Waals surface area (Å²) in [6.07, 6.45) is 0.907. The standard InChI is InChI=1S/C16H20O5/c1-8-4-10(17)6-15-11(8)7-14(20)16(21-15)9-2-3-12(18)13(19)5-9/h9,14-16,20H,2-7H2,1H3. The number of allylic oxidation sites excluding steroid dienone is 1. The predicted molar refractivity (Wildman–Crippen MR) is 73.6 cm³/mol. The maximum Gasteiger partial charge on any atom is 0.198 e. The van der Waals surface area contributed by atoms with Crippen LogP contribution in [-0.4, -0.2) is 40.8 Å². The molecule has 0 radical (unpaired) electrons. The van der Waals surface area contributed by atoms with Gasteiger partial charge >= 0.3 is 0 Å². The number of rotatable bonds is 1. The average molecular weight is 292 g/mol. The molecule has 114 valence electrons. The van der Waals surface area contributed by atoms with Crippen LogP contribution in [0.15, 0.2) is 11.1 Å². The van der Waals surface area contributed by atoms with Crippen molar-refractivity contribution in [2.45, 2.75) is 63.8 Å².